The van der Waals surface area contributed by atoms with Crippen LogP contribution in [0.3, 0.4) is 0 Å². The fraction of sp³-hybridized carbons (Fsp3) is 0.625. The van der Waals surface area contributed by atoms with Gasteiger partial charge in [0.25, 0.3) is 0 Å². The highest BCUT2D eigenvalue weighted by molar-refractivity contribution is 5.47. The summed E-state index contributed by atoms with van der Waals surface area (Å²) in [7, 11) is 0. The Balaban J connectivity index is 1.92. The topological polar surface area (TPSA) is 38.0 Å². The number of rotatable bonds is 5. The third kappa shape index (κ3) is 2.86. The zero-order chi connectivity index (χ0) is 13.2. The monoisotopic (exact) mass is 246 g/mol. The minimum absolute atomic E-state index is 0.277. The Morgan fingerprint density at radius 3 is 2.33 bits per heavy atom. The summed E-state index contributed by atoms with van der Waals surface area (Å²) < 4.78 is 0. The zero-order valence-electron chi connectivity index (χ0n) is 11.9. The first-order chi connectivity index (χ1) is 8.55. The van der Waals surface area contributed by atoms with E-state index in [4.69, 9.17) is 5.73 Å². The third-order valence-corrected chi connectivity index (χ3v) is 4.49. The molecule has 18 heavy (non-hydrogen) atoms. The lowest BCUT2D eigenvalue weighted by Crippen LogP contribution is -2.39. The molecule has 0 radical (unpaired) electrons. The second kappa shape index (κ2) is 5.31. The second-order valence-electron chi connectivity index (χ2n) is 6.23. The van der Waals surface area contributed by atoms with Crippen LogP contribution in [-0.2, 0) is 5.41 Å². The largest absolute Gasteiger partial charge is 0.382 e. The van der Waals surface area contributed by atoms with E-state index >= 15 is 0 Å². The molecular weight excluding hydrogens is 220 g/mol. The van der Waals surface area contributed by atoms with Gasteiger partial charge in [0.15, 0.2) is 0 Å². The maximum atomic E-state index is 5.64. The predicted molar refractivity (Wildman–Crippen MR) is 78.9 cm³/mol. The Labute approximate surface area is 111 Å². The number of hydrogen-bond acceptors (Lipinski definition) is 2. The first kappa shape index (κ1) is 13.4. The molecule has 0 bridgehead atoms. The van der Waals surface area contributed by atoms with Crippen LogP contribution in [0, 0.1) is 5.92 Å². The molecule has 1 saturated carbocycles. The van der Waals surface area contributed by atoms with Gasteiger partial charge in [0.05, 0.1) is 0 Å². The van der Waals surface area contributed by atoms with Gasteiger partial charge in [-0.15, -0.1) is 0 Å². The summed E-state index contributed by atoms with van der Waals surface area (Å²) in [6.07, 6.45) is 3.61. The summed E-state index contributed by atoms with van der Waals surface area (Å²) in [4.78, 5) is 0. The van der Waals surface area contributed by atoms with Gasteiger partial charge in [-0.3, -0.25) is 0 Å². The van der Waals surface area contributed by atoms with E-state index < -0.39 is 0 Å². The van der Waals surface area contributed by atoms with E-state index in [2.05, 4.69) is 50.4 Å². The normalized spacial score (nSPS) is 23.6. The molecule has 1 fully saturated rings. The summed E-state index contributed by atoms with van der Waals surface area (Å²) in [5.41, 5.74) is 8.58. The second-order valence-corrected chi connectivity index (χ2v) is 6.23. The summed E-state index contributed by atoms with van der Waals surface area (Å²) in [6.45, 7) is 7.68. The fourth-order valence-electron chi connectivity index (χ4n) is 2.50. The number of anilines is 1. The van der Waals surface area contributed by atoms with Gasteiger partial charge in [-0.25, -0.2) is 0 Å². The molecule has 1 aliphatic carbocycles. The van der Waals surface area contributed by atoms with Crippen LogP contribution >= 0.6 is 0 Å². The first-order valence-electron chi connectivity index (χ1n) is 7.12. The Morgan fingerprint density at radius 1 is 1.22 bits per heavy atom. The average Bonchev–Trinajstić information content (AvgIpc) is 2.34. The van der Waals surface area contributed by atoms with Crippen molar-refractivity contribution in [3.05, 3.63) is 29.8 Å². The van der Waals surface area contributed by atoms with E-state index in [1.54, 1.807) is 0 Å². The summed E-state index contributed by atoms with van der Waals surface area (Å²) in [6, 6.07) is 9.56. The maximum absolute atomic E-state index is 5.64. The molecule has 0 aliphatic heterocycles. The van der Waals surface area contributed by atoms with Crippen molar-refractivity contribution in [2.75, 3.05) is 11.9 Å². The van der Waals surface area contributed by atoms with Crippen LogP contribution < -0.4 is 11.1 Å². The predicted octanol–water partition coefficient (Wildman–Crippen LogP) is 3.52. The van der Waals surface area contributed by atoms with Crippen LogP contribution in [0.15, 0.2) is 24.3 Å². The number of benzene rings is 1. The van der Waals surface area contributed by atoms with E-state index in [0.29, 0.717) is 6.04 Å². The van der Waals surface area contributed by atoms with Crippen LogP contribution in [0.5, 0.6) is 0 Å². The Bertz CT molecular complexity index is 375. The van der Waals surface area contributed by atoms with Crippen molar-refractivity contribution < 1.29 is 0 Å². The van der Waals surface area contributed by atoms with Crippen molar-refractivity contribution in [3.63, 3.8) is 0 Å². The van der Waals surface area contributed by atoms with Gasteiger partial charge in [-0.1, -0.05) is 32.9 Å². The highest BCUT2D eigenvalue weighted by Gasteiger charge is 2.27. The summed E-state index contributed by atoms with van der Waals surface area (Å²) >= 11 is 0. The Morgan fingerprint density at radius 2 is 1.83 bits per heavy atom. The molecule has 1 aromatic carbocycles. The highest BCUT2D eigenvalue weighted by Crippen LogP contribution is 2.31. The average molecular weight is 246 g/mol. The van der Waals surface area contributed by atoms with E-state index in [-0.39, 0.29) is 5.41 Å². The number of nitrogens with one attached hydrogen (secondary N) is 1. The SMILES string of the molecule is CCC(C)(C)c1ccc(NC2CC(CN)C2)cc1. The van der Waals surface area contributed by atoms with Crippen LogP contribution in [0.1, 0.15) is 45.6 Å². The molecule has 0 aromatic heterocycles. The molecular formula is C16H26N2. The lowest BCUT2D eigenvalue weighted by molar-refractivity contribution is 0.291. The molecule has 0 saturated heterocycles. The van der Waals surface area contributed by atoms with Gasteiger partial charge in [-0.2, -0.15) is 0 Å². The lowest BCUT2D eigenvalue weighted by Gasteiger charge is -2.35. The van der Waals surface area contributed by atoms with Crippen molar-refractivity contribution in [2.45, 2.75) is 51.5 Å². The molecule has 1 aliphatic rings. The van der Waals surface area contributed by atoms with E-state index in [1.807, 2.05) is 0 Å². The molecule has 0 spiro atoms. The molecule has 3 N–H and O–H groups in total. The molecule has 2 heteroatoms. The van der Waals surface area contributed by atoms with Crippen molar-refractivity contribution >= 4 is 5.69 Å². The van der Waals surface area contributed by atoms with Crippen molar-refractivity contribution in [1.82, 2.24) is 0 Å². The van der Waals surface area contributed by atoms with Crippen molar-refractivity contribution in [2.24, 2.45) is 11.7 Å². The minimum atomic E-state index is 0.277. The van der Waals surface area contributed by atoms with E-state index in [1.165, 1.54) is 30.5 Å². The quantitative estimate of drug-likeness (QED) is 0.834. The minimum Gasteiger partial charge on any atom is -0.382 e. The van der Waals surface area contributed by atoms with Crippen LogP contribution in [0.4, 0.5) is 5.69 Å². The molecule has 0 amide bonds. The van der Waals surface area contributed by atoms with Crippen molar-refractivity contribution in [3.8, 4) is 0 Å². The van der Waals surface area contributed by atoms with Gasteiger partial charge < -0.3 is 11.1 Å². The van der Waals surface area contributed by atoms with Crippen LogP contribution in [0.25, 0.3) is 0 Å². The smallest absolute Gasteiger partial charge is 0.0342 e. The third-order valence-electron chi connectivity index (χ3n) is 4.49. The molecule has 1 aromatic rings. The van der Waals surface area contributed by atoms with Gasteiger partial charge in [0.1, 0.15) is 0 Å². The van der Waals surface area contributed by atoms with E-state index in [9.17, 15) is 0 Å². The van der Waals surface area contributed by atoms with E-state index in [0.717, 1.165) is 12.5 Å². The zero-order valence-corrected chi connectivity index (χ0v) is 11.9. The van der Waals surface area contributed by atoms with Crippen molar-refractivity contribution in [1.29, 1.82) is 0 Å². The van der Waals surface area contributed by atoms with Crippen LogP contribution in [0.2, 0.25) is 0 Å². The van der Waals surface area contributed by atoms with Crippen LogP contribution in [-0.4, -0.2) is 12.6 Å². The Kier molecular flexibility index (Phi) is 3.96. The van der Waals surface area contributed by atoms with Gasteiger partial charge >= 0.3 is 0 Å². The number of nitrogens with two attached hydrogens (primary N) is 1. The Hall–Kier alpha value is -1.02. The molecule has 0 unspecified atom stereocenters. The molecule has 0 atom stereocenters. The molecule has 100 valence electrons. The first-order valence-corrected chi connectivity index (χ1v) is 7.12. The standard InChI is InChI=1S/C16H26N2/c1-4-16(2,3)13-5-7-14(8-6-13)18-15-9-12(10-15)11-17/h5-8,12,15,18H,4,9-11,17H2,1-3H3. The van der Waals surface area contributed by atoms with Gasteiger partial charge in [0, 0.05) is 11.7 Å². The lowest BCUT2D eigenvalue weighted by atomic mass is 9.80. The summed E-state index contributed by atoms with van der Waals surface area (Å²) in [5.74, 6) is 0.737. The van der Waals surface area contributed by atoms with Gasteiger partial charge in [0.2, 0.25) is 0 Å². The summed E-state index contributed by atoms with van der Waals surface area (Å²) in [5, 5.41) is 3.58. The number of hydrogen-bond donors (Lipinski definition) is 2. The fourth-order valence-corrected chi connectivity index (χ4v) is 2.50. The molecule has 0 heterocycles. The maximum Gasteiger partial charge on any atom is 0.0342 e. The molecule has 2 rings (SSSR count). The highest BCUT2D eigenvalue weighted by atomic mass is 14.9. The molecule has 2 nitrogen and oxygen atoms in total. The van der Waals surface area contributed by atoms with Gasteiger partial charge in [-0.05, 0) is 54.8 Å².